The van der Waals surface area contributed by atoms with Crippen LogP contribution in [-0.4, -0.2) is 37.2 Å². The van der Waals surface area contributed by atoms with Crippen LogP contribution < -0.4 is 10.6 Å². The van der Waals surface area contributed by atoms with Gasteiger partial charge in [-0.3, -0.25) is 9.36 Å². The normalized spacial score (nSPS) is 13.6. The van der Waals surface area contributed by atoms with Crippen molar-refractivity contribution in [1.29, 1.82) is 0 Å². The molecule has 0 aromatic carbocycles. The molecule has 0 aliphatic carbocycles. The van der Waals surface area contributed by atoms with Gasteiger partial charge in [0, 0.05) is 44.2 Å². The van der Waals surface area contributed by atoms with Crippen LogP contribution in [-0.2, 0) is 32.7 Å². The largest absolute Gasteiger partial charge is 0.383 e. The Labute approximate surface area is 135 Å². The third kappa shape index (κ3) is 4.32. The van der Waals surface area contributed by atoms with Crippen molar-refractivity contribution < 1.29 is 9.90 Å². The van der Waals surface area contributed by atoms with E-state index in [1.807, 2.05) is 20.2 Å². The number of hydrogen-bond acceptors (Lipinski definition) is 4. The number of aliphatic hydroxyl groups is 1. The maximum Gasteiger partial charge on any atom is 0.315 e. The summed E-state index contributed by atoms with van der Waals surface area (Å²) in [5.74, 6) is 0. The summed E-state index contributed by atoms with van der Waals surface area (Å²) in [6.07, 6.45) is 6.02. The van der Waals surface area contributed by atoms with Crippen LogP contribution in [0.15, 0.2) is 18.6 Å². The van der Waals surface area contributed by atoms with Gasteiger partial charge in [-0.1, -0.05) is 6.92 Å². The van der Waals surface area contributed by atoms with Gasteiger partial charge >= 0.3 is 6.03 Å². The second-order valence-electron chi connectivity index (χ2n) is 5.84. The van der Waals surface area contributed by atoms with Gasteiger partial charge in [-0.25, -0.2) is 4.79 Å². The molecule has 0 saturated heterocycles. The molecule has 23 heavy (non-hydrogen) atoms. The third-order valence-electron chi connectivity index (χ3n) is 3.69. The van der Waals surface area contributed by atoms with Crippen LogP contribution in [0.25, 0.3) is 0 Å². The Morgan fingerprint density at radius 2 is 2.04 bits per heavy atom. The molecule has 2 rings (SSSR count). The van der Waals surface area contributed by atoms with Crippen LogP contribution in [0, 0.1) is 0 Å². The minimum atomic E-state index is -1.17. The highest BCUT2D eigenvalue weighted by Crippen LogP contribution is 2.18. The molecule has 1 unspecified atom stereocenters. The topological polar surface area (TPSA) is 97.0 Å². The summed E-state index contributed by atoms with van der Waals surface area (Å²) in [5.41, 5.74) is 1.44. The van der Waals surface area contributed by atoms with Crippen molar-refractivity contribution in [3.05, 3.63) is 35.4 Å². The number of carbonyl (C=O) groups is 1. The molecule has 3 N–H and O–H groups in total. The van der Waals surface area contributed by atoms with E-state index in [-0.39, 0.29) is 12.6 Å². The molecule has 2 heterocycles. The molecule has 0 radical (unpaired) electrons. The van der Waals surface area contributed by atoms with Crippen molar-refractivity contribution in [2.75, 3.05) is 6.54 Å². The fraction of sp³-hybridized carbons (Fsp3) is 0.533. The van der Waals surface area contributed by atoms with E-state index < -0.39 is 5.60 Å². The fourth-order valence-corrected chi connectivity index (χ4v) is 2.32. The number of rotatable bonds is 6. The lowest BCUT2D eigenvalue weighted by Gasteiger charge is -2.22. The highest BCUT2D eigenvalue weighted by Gasteiger charge is 2.25. The van der Waals surface area contributed by atoms with Gasteiger partial charge in [-0.2, -0.15) is 10.2 Å². The minimum Gasteiger partial charge on any atom is -0.383 e. The highest BCUT2D eigenvalue weighted by atomic mass is 16.3. The Kier molecular flexibility index (Phi) is 5.05. The maximum absolute atomic E-state index is 11.9. The van der Waals surface area contributed by atoms with Gasteiger partial charge < -0.3 is 15.7 Å². The van der Waals surface area contributed by atoms with Crippen LogP contribution in [0.4, 0.5) is 4.79 Å². The Bertz CT molecular complexity index is 673. The summed E-state index contributed by atoms with van der Waals surface area (Å²) < 4.78 is 3.35. The van der Waals surface area contributed by atoms with Gasteiger partial charge in [-0.05, 0) is 13.3 Å². The third-order valence-corrected chi connectivity index (χ3v) is 3.69. The average molecular weight is 320 g/mol. The van der Waals surface area contributed by atoms with Gasteiger partial charge in [0.1, 0.15) is 5.60 Å². The molecule has 8 heteroatoms. The summed E-state index contributed by atoms with van der Waals surface area (Å²) in [4.78, 5) is 11.9. The lowest BCUT2D eigenvalue weighted by molar-refractivity contribution is 0.0593. The molecular formula is C15H24N6O2. The second-order valence-corrected chi connectivity index (χ2v) is 5.84. The number of nitrogens with zero attached hydrogens (tertiary/aromatic N) is 4. The predicted molar refractivity (Wildman–Crippen MR) is 85.6 cm³/mol. The summed E-state index contributed by atoms with van der Waals surface area (Å²) in [5, 5.41) is 24.2. The number of aromatic nitrogens is 4. The Morgan fingerprint density at radius 1 is 1.30 bits per heavy atom. The van der Waals surface area contributed by atoms with E-state index in [0.717, 1.165) is 17.7 Å². The summed E-state index contributed by atoms with van der Waals surface area (Å²) in [6.45, 7) is 4.16. The zero-order valence-electron chi connectivity index (χ0n) is 14.0. The highest BCUT2D eigenvalue weighted by molar-refractivity contribution is 5.73. The molecule has 8 nitrogen and oxygen atoms in total. The first-order valence-corrected chi connectivity index (χ1v) is 7.56. The van der Waals surface area contributed by atoms with Gasteiger partial charge in [0.15, 0.2) is 0 Å². The molecule has 0 fully saturated rings. The first-order chi connectivity index (χ1) is 10.8. The van der Waals surface area contributed by atoms with Crippen molar-refractivity contribution in [2.45, 2.75) is 32.4 Å². The number of aryl methyl sites for hydroxylation is 3. The number of nitrogens with one attached hydrogen (secondary N) is 2. The van der Waals surface area contributed by atoms with Gasteiger partial charge in [0.2, 0.25) is 0 Å². The number of hydrogen-bond donors (Lipinski definition) is 3. The van der Waals surface area contributed by atoms with E-state index in [4.69, 9.17) is 0 Å². The molecule has 126 valence electrons. The SMILES string of the molecule is CCc1nn(C)cc1CNC(=O)NCC(C)(O)c1cnn(C)c1. The van der Waals surface area contributed by atoms with Gasteiger partial charge in [-0.15, -0.1) is 0 Å². The Morgan fingerprint density at radius 3 is 2.65 bits per heavy atom. The number of amides is 2. The number of urea groups is 1. The summed E-state index contributed by atoms with van der Waals surface area (Å²) in [7, 11) is 3.63. The van der Waals surface area contributed by atoms with Gasteiger partial charge in [0.05, 0.1) is 18.4 Å². The van der Waals surface area contributed by atoms with Gasteiger partial charge in [0.25, 0.3) is 0 Å². The monoisotopic (exact) mass is 320 g/mol. The van der Waals surface area contributed by atoms with Crippen molar-refractivity contribution in [2.24, 2.45) is 14.1 Å². The van der Waals surface area contributed by atoms with E-state index in [2.05, 4.69) is 20.8 Å². The Balaban J connectivity index is 1.85. The molecule has 0 aliphatic rings. The van der Waals surface area contributed by atoms with Crippen LogP contribution in [0.5, 0.6) is 0 Å². The molecule has 1 atom stereocenters. The van der Waals surface area contributed by atoms with E-state index in [1.54, 1.807) is 35.7 Å². The maximum atomic E-state index is 11.9. The first kappa shape index (κ1) is 17.0. The van der Waals surface area contributed by atoms with Crippen LogP contribution in [0.3, 0.4) is 0 Å². The van der Waals surface area contributed by atoms with Crippen LogP contribution in [0.1, 0.15) is 30.7 Å². The zero-order valence-corrected chi connectivity index (χ0v) is 14.0. The minimum absolute atomic E-state index is 0.0954. The van der Waals surface area contributed by atoms with Crippen molar-refractivity contribution in [1.82, 2.24) is 30.2 Å². The van der Waals surface area contributed by atoms with E-state index in [9.17, 15) is 9.90 Å². The number of carbonyl (C=O) groups excluding carboxylic acids is 1. The van der Waals surface area contributed by atoms with E-state index in [1.165, 1.54) is 0 Å². The van der Waals surface area contributed by atoms with Crippen LogP contribution >= 0.6 is 0 Å². The summed E-state index contributed by atoms with van der Waals surface area (Å²) in [6, 6.07) is -0.333. The van der Waals surface area contributed by atoms with Crippen molar-refractivity contribution in [3.63, 3.8) is 0 Å². The lowest BCUT2D eigenvalue weighted by Crippen LogP contribution is -2.43. The zero-order chi connectivity index (χ0) is 17.0. The van der Waals surface area contributed by atoms with E-state index in [0.29, 0.717) is 12.1 Å². The smallest absolute Gasteiger partial charge is 0.315 e. The predicted octanol–water partition coefficient (Wildman–Crippen LogP) is 0.423. The average Bonchev–Trinajstić information content (AvgIpc) is 3.09. The molecule has 2 aromatic heterocycles. The van der Waals surface area contributed by atoms with Crippen molar-refractivity contribution >= 4 is 6.03 Å². The first-order valence-electron chi connectivity index (χ1n) is 7.56. The quantitative estimate of drug-likeness (QED) is 0.719. The standard InChI is InChI=1S/C15H24N6O2/c1-5-13-11(8-21(4)19-13)6-16-14(22)17-10-15(2,23)12-7-18-20(3)9-12/h7-9,23H,5-6,10H2,1-4H3,(H2,16,17,22). The summed E-state index contributed by atoms with van der Waals surface area (Å²) >= 11 is 0. The molecule has 2 aromatic rings. The second kappa shape index (κ2) is 6.82. The molecule has 2 amide bonds. The Hall–Kier alpha value is -2.35. The molecular weight excluding hydrogens is 296 g/mol. The van der Waals surface area contributed by atoms with Crippen molar-refractivity contribution in [3.8, 4) is 0 Å². The molecule has 0 saturated carbocycles. The van der Waals surface area contributed by atoms with E-state index >= 15 is 0 Å². The molecule has 0 spiro atoms. The fourth-order valence-electron chi connectivity index (χ4n) is 2.32. The molecule has 0 bridgehead atoms. The lowest BCUT2D eigenvalue weighted by atomic mass is 10.00. The van der Waals surface area contributed by atoms with Crippen LogP contribution in [0.2, 0.25) is 0 Å². The molecule has 0 aliphatic heterocycles.